The molecule has 0 aliphatic heterocycles. The molecule has 0 fully saturated rings. The first-order valence-corrected chi connectivity index (χ1v) is 13.1. The lowest BCUT2D eigenvalue weighted by atomic mass is 10.1. The lowest BCUT2D eigenvalue weighted by Gasteiger charge is -2.25. The Balaban J connectivity index is 1.67. The second-order valence-electron chi connectivity index (χ2n) is 9.04. The Hall–Kier alpha value is -4.51. The third-order valence-corrected chi connectivity index (χ3v) is 6.53. The maximum Gasteiger partial charge on any atom is 0.269 e. The molecule has 11 nitrogen and oxygen atoms in total. The van der Waals surface area contributed by atoms with E-state index in [4.69, 9.17) is 23.7 Å². The third kappa shape index (κ3) is 8.01. The first-order chi connectivity index (χ1) is 19.9. The number of carbonyl (C=O) groups is 1. The monoisotopic (exact) mass is 567 g/mol. The molecule has 3 aromatic rings. The van der Waals surface area contributed by atoms with Gasteiger partial charge in [0.15, 0.2) is 23.0 Å². The summed E-state index contributed by atoms with van der Waals surface area (Å²) in [5.41, 5.74) is 1.95. The van der Waals surface area contributed by atoms with Gasteiger partial charge in [-0.2, -0.15) is 0 Å². The van der Waals surface area contributed by atoms with Crippen LogP contribution in [-0.2, 0) is 6.42 Å². The molecule has 0 aliphatic rings. The van der Waals surface area contributed by atoms with Crippen molar-refractivity contribution in [3.05, 3.63) is 75.8 Å². The molecule has 3 aromatic carbocycles. The van der Waals surface area contributed by atoms with E-state index < -0.39 is 4.92 Å². The maximum atomic E-state index is 13.6. The van der Waals surface area contributed by atoms with Crippen LogP contribution in [0.1, 0.15) is 28.8 Å². The number of hydrogen-bond acceptors (Lipinski definition) is 9. The fraction of sp³-hybridized carbons (Fsp3) is 0.367. The molecule has 11 heteroatoms. The summed E-state index contributed by atoms with van der Waals surface area (Å²) in [6, 6.07) is 14.9. The fourth-order valence-electron chi connectivity index (χ4n) is 4.39. The van der Waals surface area contributed by atoms with Gasteiger partial charge in [0, 0.05) is 36.4 Å². The molecule has 0 saturated carbocycles. The number of hydrogen-bond donors (Lipinski definition) is 1. The number of nitrogens with zero attached hydrogens (tertiary/aromatic N) is 2. The van der Waals surface area contributed by atoms with Gasteiger partial charge in [-0.1, -0.05) is 6.07 Å². The van der Waals surface area contributed by atoms with Crippen LogP contribution in [0.15, 0.2) is 54.6 Å². The molecule has 41 heavy (non-hydrogen) atoms. The van der Waals surface area contributed by atoms with E-state index in [1.54, 1.807) is 31.3 Å². The minimum atomic E-state index is -0.498. The Morgan fingerprint density at radius 1 is 0.780 bits per heavy atom. The zero-order valence-corrected chi connectivity index (χ0v) is 24.1. The number of rotatable bonds is 16. The summed E-state index contributed by atoms with van der Waals surface area (Å²) in [5.74, 6) is 2.35. The number of ether oxygens (including phenoxy) is 5. The van der Waals surface area contributed by atoms with E-state index in [2.05, 4.69) is 5.32 Å². The number of aryl methyl sites for hydroxylation is 1. The number of nitro groups is 1. The van der Waals surface area contributed by atoms with Crippen molar-refractivity contribution in [1.29, 1.82) is 0 Å². The molecule has 0 unspecified atom stereocenters. The molecule has 0 heterocycles. The van der Waals surface area contributed by atoms with Crippen molar-refractivity contribution in [3.8, 4) is 28.7 Å². The largest absolute Gasteiger partial charge is 0.493 e. The van der Waals surface area contributed by atoms with E-state index in [0.717, 1.165) is 24.9 Å². The highest BCUT2D eigenvalue weighted by atomic mass is 16.6. The van der Waals surface area contributed by atoms with Crippen LogP contribution in [0.4, 0.5) is 11.4 Å². The van der Waals surface area contributed by atoms with Crippen LogP contribution in [-0.4, -0.2) is 66.0 Å². The van der Waals surface area contributed by atoms with Crippen molar-refractivity contribution < 1.29 is 33.4 Å². The van der Waals surface area contributed by atoms with E-state index in [1.165, 1.54) is 45.6 Å². The number of nitrogens with one attached hydrogen (secondary N) is 1. The maximum absolute atomic E-state index is 13.6. The molecule has 0 spiro atoms. The highest BCUT2D eigenvalue weighted by Gasteiger charge is 2.22. The Labute approximate surface area is 240 Å². The Kier molecular flexibility index (Phi) is 11.6. The average molecular weight is 568 g/mol. The second-order valence-corrected chi connectivity index (χ2v) is 9.04. The number of nitro benzene ring substituents is 1. The molecule has 3 rings (SSSR count). The number of amides is 1. The van der Waals surface area contributed by atoms with Gasteiger partial charge in [0.25, 0.3) is 11.6 Å². The molecular weight excluding hydrogens is 530 g/mol. The molecule has 0 aliphatic carbocycles. The predicted molar refractivity (Wildman–Crippen MR) is 156 cm³/mol. The minimum Gasteiger partial charge on any atom is -0.493 e. The van der Waals surface area contributed by atoms with E-state index in [1.807, 2.05) is 18.2 Å². The van der Waals surface area contributed by atoms with Crippen molar-refractivity contribution in [2.24, 2.45) is 0 Å². The summed E-state index contributed by atoms with van der Waals surface area (Å²) >= 11 is 0. The first kappa shape index (κ1) is 31.0. The molecule has 1 N–H and O–H groups in total. The summed E-state index contributed by atoms with van der Waals surface area (Å²) in [6.07, 6.45) is 2.46. The highest BCUT2D eigenvalue weighted by Crippen LogP contribution is 2.41. The Morgan fingerprint density at radius 3 is 1.95 bits per heavy atom. The van der Waals surface area contributed by atoms with Gasteiger partial charge in [0.05, 0.1) is 46.2 Å². The quantitative estimate of drug-likeness (QED) is 0.146. The predicted octanol–water partition coefficient (Wildman–Crippen LogP) is 4.90. The Morgan fingerprint density at radius 2 is 1.39 bits per heavy atom. The topological polar surface area (TPSA) is 122 Å². The van der Waals surface area contributed by atoms with Gasteiger partial charge in [0.2, 0.25) is 5.75 Å². The van der Waals surface area contributed by atoms with Crippen molar-refractivity contribution in [1.82, 2.24) is 5.32 Å². The van der Waals surface area contributed by atoms with E-state index in [9.17, 15) is 14.9 Å². The van der Waals surface area contributed by atoms with Crippen LogP contribution in [0.2, 0.25) is 0 Å². The van der Waals surface area contributed by atoms with Crippen LogP contribution in [0, 0.1) is 10.1 Å². The van der Waals surface area contributed by atoms with Gasteiger partial charge < -0.3 is 33.9 Å². The molecule has 0 radical (unpaired) electrons. The van der Waals surface area contributed by atoms with Crippen molar-refractivity contribution in [3.63, 3.8) is 0 Å². The summed E-state index contributed by atoms with van der Waals surface area (Å²) in [5, 5.41) is 14.5. The summed E-state index contributed by atoms with van der Waals surface area (Å²) in [7, 11) is 7.77. The van der Waals surface area contributed by atoms with E-state index in [0.29, 0.717) is 59.5 Å². The van der Waals surface area contributed by atoms with Crippen molar-refractivity contribution in [2.45, 2.75) is 19.3 Å². The van der Waals surface area contributed by atoms with Crippen LogP contribution in [0.3, 0.4) is 0 Å². The normalized spacial score (nSPS) is 10.6. The lowest BCUT2D eigenvalue weighted by Crippen LogP contribution is -2.33. The lowest BCUT2D eigenvalue weighted by molar-refractivity contribution is -0.384. The van der Waals surface area contributed by atoms with Gasteiger partial charge in [-0.05, 0) is 62.2 Å². The number of methoxy groups -OCH3 is 5. The first-order valence-electron chi connectivity index (χ1n) is 13.1. The second kappa shape index (κ2) is 15.3. The number of anilines is 1. The van der Waals surface area contributed by atoms with E-state index in [-0.39, 0.29) is 11.6 Å². The van der Waals surface area contributed by atoms with Crippen LogP contribution in [0.5, 0.6) is 28.7 Å². The van der Waals surface area contributed by atoms with Gasteiger partial charge in [-0.25, -0.2) is 0 Å². The molecule has 0 atom stereocenters. The van der Waals surface area contributed by atoms with Gasteiger partial charge >= 0.3 is 0 Å². The summed E-state index contributed by atoms with van der Waals surface area (Å²) in [6.45, 7) is 1.87. The zero-order valence-electron chi connectivity index (χ0n) is 24.1. The number of non-ortho nitro benzene ring substituents is 1. The molecule has 0 bridgehead atoms. The van der Waals surface area contributed by atoms with Gasteiger partial charge in [-0.3, -0.25) is 14.9 Å². The standard InChI is InChI=1S/C30H37N3O8/c1-37-25-14-9-21(18-26(25)38-2)8-6-15-31-16-7-17-32(30(34)22-10-12-23(13-11-22)33(35)36)24-19-27(39-3)29(41-5)28(20-24)40-4/h9-14,18-20,31H,6-8,15-17H2,1-5H3. The summed E-state index contributed by atoms with van der Waals surface area (Å²) in [4.78, 5) is 25.8. The molecular formula is C30H37N3O8. The number of carbonyl (C=O) groups excluding carboxylic acids is 1. The smallest absolute Gasteiger partial charge is 0.269 e. The molecule has 0 aromatic heterocycles. The number of benzene rings is 3. The zero-order chi connectivity index (χ0) is 29.8. The van der Waals surface area contributed by atoms with Gasteiger partial charge in [-0.15, -0.1) is 0 Å². The summed E-state index contributed by atoms with van der Waals surface area (Å²) < 4.78 is 27.1. The van der Waals surface area contributed by atoms with Crippen LogP contribution in [0.25, 0.3) is 0 Å². The van der Waals surface area contributed by atoms with Gasteiger partial charge in [0.1, 0.15) is 0 Å². The highest BCUT2D eigenvalue weighted by molar-refractivity contribution is 6.06. The Bertz CT molecular complexity index is 1290. The van der Waals surface area contributed by atoms with Crippen LogP contribution >= 0.6 is 0 Å². The fourth-order valence-corrected chi connectivity index (χ4v) is 4.39. The SMILES string of the molecule is COc1ccc(CCCNCCCN(C(=O)c2ccc([N+](=O)[O-])cc2)c2cc(OC)c(OC)c(OC)c2)cc1OC. The molecule has 1 amide bonds. The van der Waals surface area contributed by atoms with Crippen LogP contribution < -0.4 is 33.9 Å². The average Bonchev–Trinajstić information content (AvgIpc) is 3.01. The molecule has 220 valence electrons. The van der Waals surface area contributed by atoms with E-state index >= 15 is 0 Å². The third-order valence-electron chi connectivity index (χ3n) is 6.53. The van der Waals surface area contributed by atoms with Crippen molar-refractivity contribution >= 4 is 17.3 Å². The minimum absolute atomic E-state index is 0.0850. The molecule has 0 saturated heterocycles. The van der Waals surface area contributed by atoms with Crippen molar-refractivity contribution in [2.75, 3.05) is 60.1 Å².